The number of hydrogen-bond acceptors (Lipinski definition) is 6. The first-order valence-electron chi connectivity index (χ1n) is 7.42. The number of hydrogen-bond donors (Lipinski definition) is 2. The van der Waals surface area contributed by atoms with Crippen molar-refractivity contribution < 1.29 is 24.4 Å². The number of rotatable bonds is 3. The number of amides is 4. The lowest BCUT2D eigenvalue weighted by atomic mass is 10.1. The molecule has 0 radical (unpaired) electrons. The Morgan fingerprint density at radius 3 is 2.37 bits per heavy atom. The zero-order chi connectivity index (χ0) is 19.7. The van der Waals surface area contributed by atoms with Crippen LogP contribution >= 0.6 is 11.6 Å². The zero-order valence-electron chi connectivity index (χ0n) is 13.4. The molecule has 0 aliphatic carbocycles. The fraction of sp³-hybridized carbons (Fsp3) is 0. The summed E-state index contributed by atoms with van der Waals surface area (Å²) < 4.78 is 0. The number of barbiturate groups is 1. The third-order valence-corrected chi connectivity index (χ3v) is 4.01. The van der Waals surface area contributed by atoms with Crippen molar-refractivity contribution in [1.29, 1.82) is 0 Å². The molecule has 0 aromatic heterocycles. The molecule has 0 bridgehead atoms. The van der Waals surface area contributed by atoms with E-state index in [-0.39, 0.29) is 27.7 Å². The van der Waals surface area contributed by atoms with Gasteiger partial charge < -0.3 is 5.11 Å². The molecule has 4 amide bonds. The van der Waals surface area contributed by atoms with E-state index in [1.807, 2.05) is 5.32 Å². The van der Waals surface area contributed by atoms with Crippen LogP contribution in [0.4, 0.5) is 16.2 Å². The van der Waals surface area contributed by atoms with Gasteiger partial charge in [-0.1, -0.05) is 17.7 Å². The van der Waals surface area contributed by atoms with Gasteiger partial charge in [-0.2, -0.15) is 0 Å². The van der Waals surface area contributed by atoms with Gasteiger partial charge in [0.05, 0.1) is 15.6 Å². The van der Waals surface area contributed by atoms with Crippen molar-refractivity contribution in [2.75, 3.05) is 4.90 Å². The number of nitro groups is 1. The summed E-state index contributed by atoms with van der Waals surface area (Å²) in [6.07, 6.45) is 1.22. The number of nitrogens with one attached hydrogen (secondary N) is 1. The Morgan fingerprint density at radius 2 is 1.78 bits per heavy atom. The highest BCUT2D eigenvalue weighted by molar-refractivity contribution is 6.39. The van der Waals surface area contributed by atoms with E-state index >= 15 is 0 Å². The lowest BCUT2D eigenvalue weighted by Gasteiger charge is -2.26. The number of benzene rings is 2. The maximum atomic E-state index is 12.7. The van der Waals surface area contributed by atoms with Gasteiger partial charge in [0.25, 0.3) is 17.5 Å². The van der Waals surface area contributed by atoms with Crippen LogP contribution in [0.1, 0.15) is 5.56 Å². The maximum Gasteiger partial charge on any atom is 0.335 e. The molecule has 2 aromatic carbocycles. The molecule has 2 N–H and O–H groups in total. The molecule has 1 aliphatic heterocycles. The molecule has 0 spiro atoms. The lowest BCUT2D eigenvalue weighted by molar-refractivity contribution is -0.384. The van der Waals surface area contributed by atoms with Crippen molar-refractivity contribution in [3.63, 3.8) is 0 Å². The zero-order valence-corrected chi connectivity index (χ0v) is 14.1. The number of aromatic hydroxyl groups is 1. The topological polar surface area (TPSA) is 130 Å². The van der Waals surface area contributed by atoms with Crippen molar-refractivity contribution >= 4 is 46.9 Å². The fourth-order valence-corrected chi connectivity index (χ4v) is 2.58. The number of carbonyl (C=O) groups is 3. The van der Waals surface area contributed by atoms with Gasteiger partial charge in [0.2, 0.25) is 0 Å². The fourth-order valence-electron chi connectivity index (χ4n) is 2.39. The van der Waals surface area contributed by atoms with E-state index in [4.69, 9.17) is 11.6 Å². The van der Waals surface area contributed by atoms with Gasteiger partial charge in [0.15, 0.2) is 0 Å². The van der Waals surface area contributed by atoms with E-state index in [0.717, 1.165) is 12.1 Å². The molecule has 136 valence electrons. The van der Waals surface area contributed by atoms with Gasteiger partial charge in [-0.3, -0.25) is 25.0 Å². The molecule has 0 unspecified atom stereocenters. The summed E-state index contributed by atoms with van der Waals surface area (Å²) in [5, 5.41) is 22.2. The minimum absolute atomic E-state index is 0.0244. The molecule has 1 aliphatic rings. The van der Waals surface area contributed by atoms with Crippen LogP contribution in [0.3, 0.4) is 0 Å². The highest BCUT2D eigenvalue weighted by Gasteiger charge is 2.36. The molecule has 0 atom stereocenters. The Bertz CT molecular complexity index is 1020. The van der Waals surface area contributed by atoms with Crippen LogP contribution in [0.15, 0.2) is 48.0 Å². The number of phenolic OH excluding ortho intramolecular Hbond substituents is 1. The summed E-state index contributed by atoms with van der Waals surface area (Å²) in [7, 11) is 0. The highest BCUT2D eigenvalue weighted by Crippen LogP contribution is 2.27. The largest absolute Gasteiger partial charge is 0.506 e. The molecule has 9 nitrogen and oxygen atoms in total. The summed E-state index contributed by atoms with van der Waals surface area (Å²) in [5.41, 5.74) is -0.136. The standard InChI is InChI=1S/C17H10ClN3O6/c18-13-8-9(1-6-14(13)22)7-12-15(23)19-17(25)20(16(12)24)10-2-4-11(5-3-10)21(26)27/h1-8,22H,(H,19,23,25)/b12-7+. The van der Waals surface area contributed by atoms with E-state index in [2.05, 4.69) is 0 Å². The first-order valence-corrected chi connectivity index (χ1v) is 7.80. The molecule has 3 rings (SSSR count). The van der Waals surface area contributed by atoms with E-state index in [1.165, 1.54) is 36.4 Å². The SMILES string of the molecule is O=C1NC(=O)N(c2ccc([N+](=O)[O-])cc2)C(=O)/C1=C/c1ccc(O)c(Cl)c1. The van der Waals surface area contributed by atoms with Crippen LogP contribution in [-0.2, 0) is 9.59 Å². The second-order valence-corrected chi connectivity index (χ2v) is 5.85. The van der Waals surface area contributed by atoms with Gasteiger partial charge in [-0.25, -0.2) is 9.69 Å². The van der Waals surface area contributed by atoms with Gasteiger partial charge >= 0.3 is 6.03 Å². The van der Waals surface area contributed by atoms with Gasteiger partial charge in [0.1, 0.15) is 11.3 Å². The Hall–Kier alpha value is -3.72. The van der Waals surface area contributed by atoms with Crippen LogP contribution in [0, 0.1) is 10.1 Å². The summed E-state index contributed by atoms with van der Waals surface area (Å²) in [5.74, 6) is -1.96. The number of phenols is 1. The van der Waals surface area contributed by atoms with Crippen LogP contribution < -0.4 is 10.2 Å². The molecular formula is C17H10ClN3O6. The van der Waals surface area contributed by atoms with Crippen molar-refractivity contribution in [3.8, 4) is 5.75 Å². The minimum Gasteiger partial charge on any atom is -0.506 e. The lowest BCUT2D eigenvalue weighted by Crippen LogP contribution is -2.54. The summed E-state index contributed by atoms with van der Waals surface area (Å²) in [4.78, 5) is 47.6. The third kappa shape index (κ3) is 3.48. The second-order valence-electron chi connectivity index (χ2n) is 5.44. The van der Waals surface area contributed by atoms with E-state index < -0.39 is 22.8 Å². The molecule has 10 heteroatoms. The smallest absolute Gasteiger partial charge is 0.335 e. The molecule has 1 heterocycles. The Labute approximate surface area is 156 Å². The molecule has 2 aromatic rings. The van der Waals surface area contributed by atoms with E-state index in [0.29, 0.717) is 10.5 Å². The molecule has 27 heavy (non-hydrogen) atoms. The predicted octanol–water partition coefficient (Wildman–Crippen LogP) is 2.62. The average molecular weight is 388 g/mol. The molecule has 0 saturated carbocycles. The molecular weight excluding hydrogens is 378 g/mol. The van der Waals surface area contributed by atoms with Crippen molar-refractivity contribution in [1.82, 2.24) is 5.32 Å². The number of non-ortho nitro benzene ring substituents is 1. The van der Waals surface area contributed by atoms with Crippen molar-refractivity contribution in [2.24, 2.45) is 0 Å². The quantitative estimate of drug-likeness (QED) is 0.360. The van der Waals surface area contributed by atoms with Crippen LogP contribution in [-0.4, -0.2) is 27.9 Å². The van der Waals surface area contributed by atoms with Crippen LogP contribution in [0.25, 0.3) is 6.08 Å². The molecule has 1 fully saturated rings. The summed E-state index contributed by atoms with van der Waals surface area (Å²) >= 11 is 5.81. The molecule has 1 saturated heterocycles. The van der Waals surface area contributed by atoms with Crippen molar-refractivity contribution in [2.45, 2.75) is 0 Å². The minimum atomic E-state index is -0.972. The van der Waals surface area contributed by atoms with Gasteiger partial charge in [0, 0.05) is 12.1 Å². The number of imide groups is 2. The van der Waals surface area contributed by atoms with Gasteiger partial charge in [-0.05, 0) is 35.9 Å². The van der Waals surface area contributed by atoms with E-state index in [9.17, 15) is 29.6 Å². The number of anilines is 1. The van der Waals surface area contributed by atoms with Crippen molar-refractivity contribution in [3.05, 3.63) is 68.7 Å². The van der Waals surface area contributed by atoms with Crippen LogP contribution in [0.2, 0.25) is 5.02 Å². The summed E-state index contributed by atoms with van der Waals surface area (Å²) in [6.45, 7) is 0. The Kier molecular flexibility index (Phi) is 4.61. The van der Waals surface area contributed by atoms with Crippen LogP contribution in [0.5, 0.6) is 5.75 Å². The third-order valence-electron chi connectivity index (χ3n) is 3.70. The normalized spacial score (nSPS) is 15.8. The monoisotopic (exact) mass is 387 g/mol. The number of nitrogens with zero attached hydrogens (tertiary/aromatic N) is 2. The summed E-state index contributed by atoms with van der Waals surface area (Å²) in [6, 6.07) is 7.81. The first kappa shape index (κ1) is 18.1. The van der Waals surface area contributed by atoms with Gasteiger partial charge in [-0.15, -0.1) is 0 Å². The second kappa shape index (κ2) is 6.89. The average Bonchev–Trinajstić information content (AvgIpc) is 2.62. The number of urea groups is 1. The maximum absolute atomic E-state index is 12.7. The van der Waals surface area contributed by atoms with E-state index in [1.54, 1.807) is 0 Å². The Morgan fingerprint density at radius 1 is 1.11 bits per heavy atom. The number of halogens is 1. The number of nitro benzene ring substituents is 1. The highest BCUT2D eigenvalue weighted by atomic mass is 35.5. The Balaban J connectivity index is 1.99. The first-order chi connectivity index (χ1) is 12.8. The predicted molar refractivity (Wildman–Crippen MR) is 95.2 cm³/mol. The number of carbonyl (C=O) groups excluding carboxylic acids is 3.